The first kappa shape index (κ1) is 14.4. The van der Waals surface area contributed by atoms with Gasteiger partial charge in [0.05, 0.1) is 0 Å². The van der Waals surface area contributed by atoms with Crippen molar-refractivity contribution in [1.82, 2.24) is 4.90 Å². The number of rotatable bonds is 3. The van der Waals surface area contributed by atoms with E-state index in [0.717, 1.165) is 18.4 Å². The van der Waals surface area contributed by atoms with Gasteiger partial charge in [-0.2, -0.15) is 0 Å². The van der Waals surface area contributed by atoms with Crippen LogP contribution >= 0.6 is 0 Å². The van der Waals surface area contributed by atoms with Gasteiger partial charge in [0, 0.05) is 30.8 Å². The van der Waals surface area contributed by atoms with Gasteiger partial charge in [0.15, 0.2) is 0 Å². The molecule has 5 nitrogen and oxygen atoms in total. The number of anilines is 1. The van der Waals surface area contributed by atoms with Crippen molar-refractivity contribution < 1.29 is 9.59 Å². The number of nitrogen functional groups attached to an aromatic ring is 1. The fourth-order valence-electron chi connectivity index (χ4n) is 2.67. The first-order chi connectivity index (χ1) is 9.47. The lowest BCUT2D eigenvalue weighted by Crippen LogP contribution is -2.39. The number of hydrogen-bond donors (Lipinski definition) is 2. The molecule has 2 rings (SSSR count). The Bertz CT molecular complexity index is 520. The van der Waals surface area contributed by atoms with Gasteiger partial charge in [0.25, 0.3) is 5.91 Å². The zero-order valence-corrected chi connectivity index (χ0v) is 11.8. The molecule has 1 heterocycles. The number of nitrogens with zero attached hydrogens (tertiary/aromatic N) is 1. The van der Waals surface area contributed by atoms with Gasteiger partial charge in [-0.1, -0.05) is 6.07 Å². The summed E-state index contributed by atoms with van der Waals surface area (Å²) in [6, 6.07) is 5.39. The van der Waals surface area contributed by atoms with Crippen molar-refractivity contribution in [2.75, 3.05) is 18.8 Å². The number of hydrogen-bond acceptors (Lipinski definition) is 3. The standard InChI is InChI=1S/C15H21N3O2/c1-10-2-3-12(16)9-13(10)15(20)18-6-4-11(5-7-18)8-14(17)19/h2-3,9,11H,4-8,16H2,1H3,(H2,17,19). The second-order valence-corrected chi connectivity index (χ2v) is 5.48. The SMILES string of the molecule is Cc1ccc(N)cc1C(=O)N1CCC(CC(N)=O)CC1. The quantitative estimate of drug-likeness (QED) is 0.815. The normalized spacial score (nSPS) is 16.1. The summed E-state index contributed by atoms with van der Waals surface area (Å²) in [6.45, 7) is 3.25. The highest BCUT2D eigenvalue weighted by atomic mass is 16.2. The Kier molecular flexibility index (Phi) is 4.27. The van der Waals surface area contributed by atoms with Crippen LogP contribution in [-0.2, 0) is 4.79 Å². The Morgan fingerprint density at radius 3 is 2.55 bits per heavy atom. The van der Waals surface area contributed by atoms with Gasteiger partial charge in [-0.3, -0.25) is 9.59 Å². The highest BCUT2D eigenvalue weighted by Crippen LogP contribution is 2.23. The lowest BCUT2D eigenvalue weighted by molar-refractivity contribution is -0.119. The van der Waals surface area contributed by atoms with Gasteiger partial charge in [-0.05, 0) is 43.4 Å². The van der Waals surface area contributed by atoms with E-state index in [0.29, 0.717) is 36.7 Å². The Balaban J connectivity index is 2.01. The van der Waals surface area contributed by atoms with Crippen molar-refractivity contribution >= 4 is 17.5 Å². The van der Waals surface area contributed by atoms with Gasteiger partial charge >= 0.3 is 0 Å². The van der Waals surface area contributed by atoms with Crippen molar-refractivity contribution in [3.63, 3.8) is 0 Å². The van der Waals surface area contributed by atoms with Crippen molar-refractivity contribution in [1.29, 1.82) is 0 Å². The second-order valence-electron chi connectivity index (χ2n) is 5.48. The number of aryl methyl sites for hydroxylation is 1. The minimum atomic E-state index is -0.263. The van der Waals surface area contributed by atoms with E-state index in [4.69, 9.17) is 11.5 Å². The van der Waals surface area contributed by atoms with Gasteiger partial charge in [-0.15, -0.1) is 0 Å². The second kappa shape index (κ2) is 5.94. The first-order valence-electron chi connectivity index (χ1n) is 6.91. The predicted molar refractivity (Wildman–Crippen MR) is 78.0 cm³/mol. The minimum Gasteiger partial charge on any atom is -0.399 e. The summed E-state index contributed by atoms with van der Waals surface area (Å²) in [5.41, 5.74) is 13.2. The van der Waals surface area contributed by atoms with Gasteiger partial charge < -0.3 is 16.4 Å². The van der Waals surface area contributed by atoms with E-state index in [1.807, 2.05) is 17.9 Å². The molecular formula is C15H21N3O2. The van der Waals surface area contributed by atoms with Crippen LogP contribution in [0.5, 0.6) is 0 Å². The molecule has 0 radical (unpaired) electrons. The van der Waals surface area contributed by atoms with Crippen LogP contribution in [0.3, 0.4) is 0 Å². The van der Waals surface area contributed by atoms with Crippen molar-refractivity contribution in [2.45, 2.75) is 26.2 Å². The minimum absolute atomic E-state index is 0.0207. The lowest BCUT2D eigenvalue weighted by atomic mass is 9.92. The molecular weight excluding hydrogens is 254 g/mol. The van der Waals surface area contributed by atoms with E-state index in [1.165, 1.54) is 0 Å². The number of carbonyl (C=O) groups is 2. The van der Waals surface area contributed by atoms with Crippen LogP contribution in [0.2, 0.25) is 0 Å². The van der Waals surface area contributed by atoms with Gasteiger partial charge in [0.1, 0.15) is 0 Å². The summed E-state index contributed by atoms with van der Waals surface area (Å²) in [6.07, 6.45) is 2.07. The third-order valence-electron chi connectivity index (χ3n) is 3.88. The number of amides is 2. The molecule has 0 aromatic heterocycles. The Labute approximate surface area is 118 Å². The van der Waals surface area contributed by atoms with Crippen LogP contribution < -0.4 is 11.5 Å². The number of carbonyl (C=O) groups excluding carboxylic acids is 2. The maximum absolute atomic E-state index is 12.5. The predicted octanol–water partition coefficient (Wildman–Crippen LogP) is 1.30. The molecule has 108 valence electrons. The molecule has 0 saturated carbocycles. The molecule has 1 aliphatic heterocycles. The van der Waals surface area contributed by atoms with Crippen LogP contribution in [0.15, 0.2) is 18.2 Å². The first-order valence-corrected chi connectivity index (χ1v) is 6.91. The zero-order valence-electron chi connectivity index (χ0n) is 11.8. The fourth-order valence-corrected chi connectivity index (χ4v) is 2.67. The van der Waals surface area contributed by atoms with Crippen LogP contribution in [-0.4, -0.2) is 29.8 Å². The molecule has 5 heteroatoms. The third-order valence-corrected chi connectivity index (χ3v) is 3.88. The van der Waals surface area contributed by atoms with E-state index in [9.17, 15) is 9.59 Å². The molecule has 0 atom stereocenters. The molecule has 0 aliphatic carbocycles. The molecule has 1 aliphatic rings. The Morgan fingerprint density at radius 1 is 1.30 bits per heavy atom. The average molecular weight is 275 g/mol. The molecule has 1 saturated heterocycles. The smallest absolute Gasteiger partial charge is 0.254 e. The molecule has 1 aromatic rings. The molecule has 4 N–H and O–H groups in total. The molecule has 1 fully saturated rings. The molecule has 0 bridgehead atoms. The topological polar surface area (TPSA) is 89.4 Å². The average Bonchev–Trinajstić information content (AvgIpc) is 2.41. The lowest BCUT2D eigenvalue weighted by Gasteiger charge is -2.32. The number of primary amides is 1. The fraction of sp³-hybridized carbons (Fsp3) is 0.467. The number of benzene rings is 1. The van der Waals surface area contributed by atoms with Gasteiger partial charge in [-0.25, -0.2) is 0 Å². The molecule has 0 spiro atoms. The zero-order chi connectivity index (χ0) is 14.7. The number of piperidine rings is 1. The van der Waals surface area contributed by atoms with Crippen LogP contribution in [0.25, 0.3) is 0 Å². The molecule has 1 aromatic carbocycles. The van der Waals surface area contributed by atoms with Crippen LogP contribution in [0.4, 0.5) is 5.69 Å². The van der Waals surface area contributed by atoms with E-state index in [-0.39, 0.29) is 11.8 Å². The maximum Gasteiger partial charge on any atom is 0.254 e. The summed E-state index contributed by atoms with van der Waals surface area (Å²) in [4.78, 5) is 25.2. The highest BCUT2D eigenvalue weighted by molar-refractivity contribution is 5.96. The molecule has 2 amide bonds. The van der Waals surface area contributed by atoms with Crippen molar-refractivity contribution in [2.24, 2.45) is 11.7 Å². The van der Waals surface area contributed by atoms with Crippen LogP contribution in [0, 0.1) is 12.8 Å². The van der Waals surface area contributed by atoms with Crippen molar-refractivity contribution in [3.05, 3.63) is 29.3 Å². The summed E-state index contributed by atoms with van der Waals surface area (Å²) in [5.74, 6) is 0.0623. The summed E-state index contributed by atoms with van der Waals surface area (Å²) in [5, 5.41) is 0. The monoisotopic (exact) mass is 275 g/mol. The number of likely N-dealkylation sites (tertiary alicyclic amines) is 1. The van der Waals surface area contributed by atoms with E-state index < -0.39 is 0 Å². The van der Waals surface area contributed by atoms with Crippen LogP contribution in [0.1, 0.15) is 35.2 Å². The molecule has 20 heavy (non-hydrogen) atoms. The van der Waals surface area contributed by atoms with Crippen molar-refractivity contribution in [3.8, 4) is 0 Å². The van der Waals surface area contributed by atoms with E-state index in [1.54, 1.807) is 12.1 Å². The summed E-state index contributed by atoms with van der Waals surface area (Å²) >= 11 is 0. The van der Waals surface area contributed by atoms with Gasteiger partial charge in [0.2, 0.25) is 5.91 Å². The summed E-state index contributed by atoms with van der Waals surface area (Å²) < 4.78 is 0. The molecule has 0 unspecified atom stereocenters. The Hall–Kier alpha value is -2.04. The Morgan fingerprint density at radius 2 is 1.95 bits per heavy atom. The maximum atomic E-state index is 12.5. The highest BCUT2D eigenvalue weighted by Gasteiger charge is 2.25. The number of nitrogens with two attached hydrogens (primary N) is 2. The summed E-state index contributed by atoms with van der Waals surface area (Å²) in [7, 11) is 0. The van der Waals surface area contributed by atoms with E-state index in [2.05, 4.69) is 0 Å². The van der Waals surface area contributed by atoms with E-state index >= 15 is 0 Å². The third kappa shape index (κ3) is 3.29. The largest absolute Gasteiger partial charge is 0.399 e.